The zero-order valence-corrected chi connectivity index (χ0v) is 17.5. The first-order chi connectivity index (χ1) is 13.9. The highest BCUT2D eigenvalue weighted by Crippen LogP contribution is 2.12. The van der Waals surface area contributed by atoms with Gasteiger partial charge in [0, 0.05) is 32.1 Å². The molecule has 0 saturated heterocycles. The number of nitrogens with two attached hydrogens (primary N) is 3. The van der Waals surface area contributed by atoms with Gasteiger partial charge in [-0.05, 0) is 49.9 Å². The Morgan fingerprint density at radius 2 is 1.55 bits per heavy atom. The number of hydrogen-bond donors (Lipinski definition) is 4. The Bertz CT molecular complexity index is 641. The predicted octanol–water partition coefficient (Wildman–Crippen LogP) is 2.20. The SMILES string of the molecule is CC(=O)N(CCCCCCCN=C(N)N)CCCCOc1ccc(C(=N)N)cc1. The van der Waals surface area contributed by atoms with Crippen LogP contribution in [-0.4, -0.2) is 48.8 Å². The maximum atomic E-state index is 11.8. The van der Waals surface area contributed by atoms with Crippen molar-refractivity contribution >= 4 is 17.7 Å². The first-order valence-electron chi connectivity index (χ1n) is 10.3. The highest BCUT2D eigenvalue weighted by atomic mass is 16.5. The van der Waals surface area contributed by atoms with E-state index >= 15 is 0 Å². The number of carbonyl (C=O) groups is 1. The van der Waals surface area contributed by atoms with Gasteiger partial charge in [-0.1, -0.05) is 19.3 Å². The Morgan fingerprint density at radius 1 is 0.966 bits per heavy atom. The molecule has 1 aromatic rings. The van der Waals surface area contributed by atoms with Crippen LogP contribution in [0, 0.1) is 5.41 Å². The lowest BCUT2D eigenvalue weighted by Crippen LogP contribution is -2.31. The predicted molar refractivity (Wildman–Crippen MR) is 118 cm³/mol. The molecule has 29 heavy (non-hydrogen) atoms. The summed E-state index contributed by atoms with van der Waals surface area (Å²) in [5.41, 5.74) is 16.7. The summed E-state index contributed by atoms with van der Waals surface area (Å²) in [5, 5.41) is 7.38. The summed E-state index contributed by atoms with van der Waals surface area (Å²) in [6.07, 6.45) is 7.12. The van der Waals surface area contributed by atoms with E-state index in [4.69, 9.17) is 27.3 Å². The summed E-state index contributed by atoms with van der Waals surface area (Å²) in [6, 6.07) is 7.18. The number of amides is 1. The van der Waals surface area contributed by atoms with E-state index in [-0.39, 0.29) is 17.7 Å². The van der Waals surface area contributed by atoms with E-state index in [2.05, 4.69) is 4.99 Å². The van der Waals surface area contributed by atoms with Crippen molar-refractivity contribution in [1.29, 1.82) is 5.41 Å². The number of rotatable bonds is 15. The highest BCUT2D eigenvalue weighted by Gasteiger charge is 2.07. The molecule has 0 fully saturated rings. The lowest BCUT2D eigenvalue weighted by Gasteiger charge is -2.21. The van der Waals surface area contributed by atoms with Crippen LogP contribution in [0.2, 0.25) is 0 Å². The molecule has 0 unspecified atom stereocenters. The quantitative estimate of drug-likeness (QED) is 0.201. The molecule has 1 amide bonds. The molecule has 0 heterocycles. The molecular weight excluding hydrogens is 368 g/mol. The van der Waals surface area contributed by atoms with Crippen molar-refractivity contribution in [3.8, 4) is 5.75 Å². The van der Waals surface area contributed by atoms with Gasteiger partial charge in [-0.2, -0.15) is 0 Å². The number of ether oxygens (including phenoxy) is 1. The number of nitrogens with zero attached hydrogens (tertiary/aromatic N) is 2. The number of amidine groups is 1. The fraction of sp³-hybridized carbons (Fsp3) is 0.571. The van der Waals surface area contributed by atoms with Gasteiger partial charge in [-0.25, -0.2) is 0 Å². The van der Waals surface area contributed by atoms with Crippen LogP contribution < -0.4 is 21.9 Å². The topological polar surface area (TPSA) is 144 Å². The Morgan fingerprint density at radius 3 is 2.14 bits per heavy atom. The van der Waals surface area contributed by atoms with Gasteiger partial charge in [-0.15, -0.1) is 0 Å². The van der Waals surface area contributed by atoms with Crippen molar-refractivity contribution in [1.82, 2.24) is 4.90 Å². The zero-order valence-electron chi connectivity index (χ0n) is 17.5. The number of nitrogens with one attached hydrogen (secondary N) is 1. The van der Waals surface area contributed by atoms with E-state index in [1.54, 1.807) is 19.1 Å². The third kappa shape index (κ3) is 11.6. The summed E-state index contributed by atoms with van der Waals surface area (Å²) in [7, 11) is 0. The van der Waals surface area contributed by atoms with Crippen LogP contribution in [0.1, 0.15) is 57.4 Å². The molecule has 0 aromatic heterocycles. The largest absolute Gasteiger partial charge is 0.494 e. The molecule has 0 bridgehead atoms. The molecule has 0 spiro atoms. The Labute approximate surface area is 174 Å². The minimum Gasteiger partial charge on any atom is -0.494 e. The van der Waals surface area contributed by atoms with Gasteiger partial charge >= 0.3 is 0 Å². The van der Waals surface area contributed by atoms with Crippen molar-refractivity contribution in [3.05, 3.63) is 29.8 Å². The Kier molecular flexibility index (Phi) is 11.9. The molecule has 0 aliphatic heterocycles. The standard InChI is InChI=1S/C21H36N6O2/c1-17(28)27(14-6-4-2-3-5-13-26-21(24)25)15-7-8-16-29-19-11-9-18(10-12-19)20(22)23/h9-12H,2-8,13-16H2,1H3,(H3,22,23)(H4,24,25,26). The van der Waals surface area contributed by atoms with Gasteiger partial charge in [0.15, 0.2) is 5.96 Å². The molecule has 0 aliphatic carbocycles. The van der Waals surface area contributed by atoms with Gasteiger partial charge in [-0.3, -0.25) is 15.2 Å². The Hall–Kier alpha value is -2.77. The smallest absolute Gasteiger partial charge is 0.219 e. The molecule has 0 saturated carbocycles. The van der Waals surface area contributed by atoms with Crippen LogP contribution in [0.4, 0.5) is 0 Å². The first kappa shape index (κ1) is 24.3. The number of hydrogen-bond acceptors (Lipinski definition) is 4. The van der Waals surface area contributed by atoms with Crippen molar-refractivity contribution in [2.45, 2.75) is 51.9 Å². The normalized spacial score (nSPS) is 10.4. The number of guanidine groups is 1. The van der Waals surface area contributed by atoms with Gasteiger partial charge in [0.2, 0.25) is 5.91 Å². The molecule has 0 aliphatic rings. The average molecular weight is 405 g/mol. The zero-order chi connectivity index (χ0) is 21.5. The summed E-state index contributed by atoms with van der Waals surface area (Å²) in [4.78, 5) is 17.7. The minimum atomic E-state index is 0.0480. The summed E-state index contributed by atoms with van der Waals surface area (Å²) in [6.45, 7) is 4.47. The van der Waals surface area contributed by atoms with E-state index in [0.717, 1.165) is 63.8 Å². The third-order valence-electron chi connectivity index (χ3n) is 4.58. The van der Waals surface area contributed by atoms with Crippen LogP contribution in [-0.2, 0) is 4.79 Å². The van der Waals surface area contributed by atoms with E-state index in [9.17, 15) is 4.79 Å². The van der Waals surface area contributed by atoms with Crippen LogP contribution in [0.5, 0.6) is 5.75 Å². The van der Waals surface area contributed by atoms with Gasteiger partial charge in [0.25, 0.3) is 0 Å². The summed E-state index contributed by atoms with van der Waals surface area (Å²) >= 11 is 0. The number of benzene rings is 1. The fourth-order valence-electron chi connectivity index (χ4n) is 2.91. The van der Waals surface area contributed by atoms with Crippen molar-refractivity contribution in [2.75, 3.05) is 26.2 Å². The molecular formula is C21H36N6O2. The van der Waals surface area contributed by atoms with Crippen molar-refractivity contribution < 1.29 is 9.53 Å². The van der Waals surface area contributed by atoms with Gasteiger partial charge < -0.3 is 26.8 Å². The van der Waals surface area contributed by atoms with Crippen LogP contribution in [0.3, 0.4) is 0 Å². The Balaban J connectivity index is 2.12. The monoisotopic (exact) mass is 404 g/mol. The molecule has 1 aromatic carbocycles. The number of carbonyl (C=O) groups excluding carboxylic acids is 1. The molecule has 1 rings (SSSR count). The van der Waals surface area contributed by atoms with Crippen molar-refractivity contribution in [2.24, 2.45) is 22.2 Å². The second-order valence-corrected chi connectivity index (χ2v) is 7.07. The van der Waals surface area contributed by atoms with E-state index in [1.165, 1.54) is 0 Å². The second-order valence-electron chi connectivity index (χ2n) is 7.07. The second kappa shape index (κ2) is 14.3. The lowest BCUT2D eigenvalue weighted by molar-refractivity contribution is -0.129. The van der Waals surface area contributed by atoms with Crippen molar-refractivity contribution in [3.63, 3.8) is 0 Å². The highest BCUT2D eigenvalue weighted by molar-refractivity contribution is 5.94. The molecule has 8 heteroatoms. The van der Waals surface area contributed by atoms with Crippen LogP contribution in [0.25, 0.3) is 0 Å². The average Bonchev–Trinajstić information content (AvgIpc) is 2.68. The molecule has 0 atom stereocenters. The van der Waals surface area contributed by atoms with E-state index in [1.807, 2.05) is 17.0 Å². The first-order valence-corrected chi connectivity index (χ1v) is 10.3. The van der Waals surface area contributed by atoms with E-state index in [0.29, 0.717) is 18.7 Å². The van der Waals surface area contributed by atoms with Gasteiger partial charge in [0.05, 0.1) is 6.61 Å². The van der Waals surface area contributed by atoms with Crippen LogP contribution >= 0.6 is 0 Å². The van der Waals surface area contributed by atoms with E-state index < -0.39 is 0 Å². The summed E-state index contributed by atoms with van der Waals surface area (Å²) < 4.78 is 5.70. The number of nitrogen functional groups attached to an aromatic ring is 1. The minimum absolute atomic E-state index is 0.0480. The number of unbranched alkanes of at least 4 members (excludes halogenated alkanes) is 5. The van der Waals surface area contributed by atoms with Crippen LogP contribution in [0.15, 0.2) is 29.3 Å². The lowest BCUT2D eigenvalue weighted by atomic mass is 10.1. The third-order valence-corrected chi connectivity index (χ3v) is 4.58. The summed E-state index contributed by atoms with van der Waals surface area (Å²) in [5.74, 6) is 1.09. The van der Waals surface area contributed by atoms with Gasteiger partial charge in [0.1, 0.15) is 11.6 Å². The fourth-order valence-corrected chi connectivity index (χ4v) is 2.91. The molecule has 162 valence electrons. The molecule has 7 N–H and O–H groups in total. The molecule has 0 radical (unpaired) electrons. The maximum Gasteiger partial charge on any atom is 0.219 e. The maximum absolute atomic E-state index is 11.8. The number of aliphatic imine (C=N–C) groups is 1. The molecule has 8 nitrogen and oxygen atoms in total.